The van der Waals surface area contributed by atoms with Crippen LogP contribution in [0.5, 0.6) is 0 Å². The first-order valence-electron chi connectivity index (χ1n) is 6.26. The third-order valence-corrected chi connectivity index (χ3v) is 3.48. The van der Waals surface area contributed by atoms with Crippen LogP contribution in [0.4, 0.5) is 11.4 Å². The number of hydrogen-bond acceptors (Lipinski definition) is 4. The quantitative estimate of drug-likeness (QED) is 0.829. The van der Waals surface area contributed by atoms with E-state index in [1.807, 2.05) is 24.3 Å². The van der Waals surface area contributed by atoms with Crippen molar-refractivity contribution >= 4 is 11.4 Å². The minimum Gasteiger partial charge on any atom is -0.397 e. The summed E-state index contributed by atoms with van der Waals surface area (Å²) in [6.45, 7) is 1.61. The summed E-state index contributed by atoms with van der Waals surface area (Å²) >= 11 is 0. The molecule has 2 N–H and O–H groups in total. The van der Waals surface area contributed by atoms with Crippen molar-refractivity contribution in [1.82, 2.24) is 4.98 Å². The number of fused-ring (bicyclic) bond motifs is 1. The molecular weight excluding hydrogens is 236 g/mol. The zero-order chi connectivity index (χ0) is 13.2. The molecule has 3 rings (SSSR count). The summed E-state index contributed by atoms with van der Waals surface area (Å²) in [6.07, 6.45) is 2.65. The molecule has 0 radical (unpaired) electrons. The summed E-state index contributed by atoms with van der Waals surface area (Å²) in [5.41, 5.74) is 10.7. The molecule has 94 valence electrons. The second kappa shape index (κ2) is 4.62. The van der Waals surface area contributed by atoms with Gasteiger partial charge in [-0.05, 0) is 24.1 Å². The molecule has 1 aromatic heterocycles. The van der Waals surface area contributed by atoms with E-state index in [0.717, 1.165) is 29.9 Å². The molecule has 0 amide bonds. The minimum absolute atomic E-state index is 0.491. The predicted molar refractivity (Wildman–Crippen MR) is 74.6 cm³/mol. The number of anilines is 2. The maximum absolute atomic E-state index is 9.09. The Balaban J connectivity index is 1.94. The highest BCUT2D eigenvalue weighted by Gasteiger charge is 2.22. The van der Waals surface area contributed by atoms with Crippen LogP contribution >= 0.6 is 0 Å². The second-order valence-corrected chi connectivity index (χ2v) is 4.65. The summed E-state index contributed by atoms with van der Waals surface area (Å²) in [6, 6.07) is 12.0. The molecule has 2 heterocycles. The Labute approximate surface area is 112 Å². The topological polar surface area (TPSA) is 65.9 Å². The Kier molecular flexibility index (Phi) is 2.81. The van der Waals surface area contributed by atoms with Crippen molar-refractivity contribution in [2.24, 2.45) is 0 Å². The van der Waals surface area contributed by atoms with Gasteiger partial charge >= 0.3 is 0 Å². The minimum atomic E-state index is 0.491. The average Bonchev–Trinajstić information content (AvgIpc) is 2.84. The van der Waals surface area contributed by atoms with Crippen molar-refractivity contribution in [2.45, 2.75) is 13.0 Å². The van der Waals surface area contributed by atoms with Crippen molar-refractivity contribution in [1.29, 1.82) is 5.26 Å². The largest absolute Gasteiger partial charge is 0.397 e. The van der Waals surface area contributed by atoms with Crippen LogP contribution in [0.15, 0.2) is 36.5 Å². The number of benzene rings is 1. The summed E-state index contributed by atoms with van der Waals surface area (Å²) in [5.74, 6) is 0. The van der Waals surface area contributed by atoms with E-state index >= 15 is 0 Å². The maximum atomic E-state index is 9.09. The fraction of sp³-hybridized carbons (Fsp3) is 0.200. The Morgan fingerprint density at radius 1 is 1.32 bits per heavy atom. The van der Waals surface area contributed by atoms with Crippen LogP contribution in [0.25, 0.3) is 0 Å². The number of nitrogen functional groups attached to an aromatic ring is 1. The molecule has 0 unspecified atom stereocenters. The van der Waals surface area contributed by atoms with Gasteiger partial charge in [-0.1, -0.05) is 18.2 Å². The van der Waals surface area contributed by atoms with Gasteiger partial charge in [0.25, 0.3) is 0 Å². The maximum Gasteiger partial charge on any atom is 0.145 e. The zero-order valence-corrected chi connectivity index (χ0v) is 10.5. The molecule has 0 atom stereocenters. The highest BCUT2D eigenvalue weighted by molar-refractivity contribution is 5.74. The molecule has 0 saturated carbocycles. The smallest absolute Gasteiger partial charge is 0.145 e. The van der Waals surface area contributed by atoms with Gasteiger partial charge in [0.05, 0.1) is 11.4 Å². The normalized spacial score (nSPS) is 13.1. The van der Waals surface area contributed by atoms with Gasteiger partial charge in [-0.3, -0.25) is 0 Å². The van der Waals surface area contributed by atoms with E-state index in [2.05, 4.69) is 22.0 Å². The van der Waals surface area contributed by atoms with Crippen molar-refractivity contribution in [3.8, 4) is 6.07 Å². The zero-order valence-electron chi connectivity index (χ0n) is 10.5. The van der Waals surface area contributed by atoms with Crippen molar-refractivity contribution in [2.75, 3.05) is 17.2 Å². The number of nitrogens with zero attached hydrogens (tertiary/aromatic N) is 3. The lowest BCUT2D eigenvalue weighted by atomic mass is 10.1. The van der Waals surface area contributed by atoms with E-state index in [1.54, 1.807) is 6.20 Å². The fourth-order valence-corrected chi connectivity index (χ4v) is 2.60. The second-order valence-electron chi connectivity index (χ2n) is 4.65. The first-order chi connectivity index (χ1) is 9.29. The average molecular weight is 250 g/mol. The number of hydrogen-bond donors (Lipinski definition) is 1. The van der Waals surface area contributed by atoms with Crippen molar-refractivity contribution in [3.05, 3.63) is 53.3 Å². The molecule has 0 spiro atoms. The third kappa shape index (κ3) is 2.00. The van der Waals surface area contributed by atoms with E-state index in [0.29, 0.717) is 12.2 Å². The number of nitrogens with two attached hydrogens (primary N) is 1. The molecule has 1 aromatic carbocycles. The number of pyridine rings is 1. The van der Waals surface area contributed by atoms with Crippen LogP contribution in [0.1, 0.15) is 16.8 Å². The molecule has 1 aliphatic heterocycles. The molecule has 1 aliphatic rings. The Morgan fingerprint density at radius 3 is 3.05 bits per heavy atom. The van der Waals surface area contributed by atoms with Gasteiger partial charge < -0.3 is 10.6 Å². The predicted octanol–water partition coefficient (Wildman–Crippen LogP) is 2.10. The molecule has 4 nitrogen and oxygen atoms in total. The lowest BCUT2D eigenvalue weighted by molar-refractivity contribution is 0.830. The van der Waals surface area contributed by atoms with Crippen molar-refractivity contribution < 1.29 is 0 Å². The SMILES string of the molecule is N#Cc1ncccc1CN1CCc2cccc(N)c21. The van der Waals surface area contributed by atoms with Crippen molar-refractivity contribution in [3.63, 3.8) is 0 Å². The Morgan fingerprint density at radius 2 is 2.21 bits per heavy atom. The lowest BCUT2D eigenvalue weighted by Gasteiger charge is -2.21. The molecule has 0 fully saturated rings. The van der Waals surface area contributed by atoms with Crippen LogP contribution in [0, 0.1) is 11.3 Å². The molecule has 0 bridgehead atoms. The van der Waals surface area contributed by atoms with E-state index in [4.69, 9.17) is 11.0 Å². The molecule has 2 aromatic rings. The Bertz CT molecular complexity index is 657. The van der Waals surface area contributed by atoms with Gasteiger partial charge in [-0.2, -0.15) is 5.26 Å². The lowest BCUT2D eigenvalue weighted by Crippen LogP contribution is -2.21. The summed E-state index contributed by atoms with van der Waals surface area (Å²) < 4.78 is 0. The Hall–Kier alpha value is -2.54. The van der Waals surface area contributed by atoms with E-state index < -0.39 is 0 Å². The number of para-hydroxylation sites is 1. The fourth-order valence-electron chi connectivity index (χ4n) is 2.60. The van der Waals surface area contributed by atoms with Crippen LogP contribution in [-0.2, 0) is 13.0 Å². The first-order valence-corrected chi connectivity index (χ1v) is 6.26. The summed E-state index contributed by atoms with van der Waals surface area (Å²) in [4.78, 5) is 6.32. The summed E-state index contributed by atoms with van der Waals surface area (Å²) in [5, 5.41) is 9.09. The monoisotopic (exact) mass is 250 g/mol. The van der Waals surface area contributed by atoms with Gasteiger partial charge in [0.1, 0.15) is 11.8 Å². The van der Waals surface area contributed by atoms with E-state index in [9.17, 15) is 0 Å². The van der Waals surface area contributed by atoms with Gasteiger partial charge in [-0.25, -0.2) is 4.98 Å². The van der Waals surface area contributed by atoms with E-state index in [-0.39, 0.29) is 0 Å². The number of rotatable bonds is 2. The third-order valence-electron chi connectivity index (χ3n) is 3.48. The van der Waals surface area contributed by atoms with Crippen LogP contribution in [-0.4, -0.2) is 11.5 Å². The highest BCUT2D eigenvalue weighted by atomic mass is 15.2. The van der Waals surface area contributed by atoms with E-state index in [1.165, 1.54) is 5.56 Å². The summed E-state index contributed by atoms with van der Waals surface area (Å²) in [7, 11) is 0. The molecule has 4 heteroatoms. The van der Waals surface area contributed by atoms with Crippen LogP contribution in [0.3, 0.4) is 0 Å². The molecule has 0 saturated heterocycles. The molecule has 0 aliphatic carbocycles. The van der Waals surface area contributed by atoms with Crippen LogP contribution < -0.4 is 10.6 Å². The highest BCUT2D eigenvalue weighted by Crippen LogP contribution is 2.34. The standard InChI is InChI=1S/C15H14N4/c16-9-14-12(4-2-7-18-14)10-19-8-6-11-3-1-5-13(17)15(11)19/h1-5,7H,6,8,10,17H2. The van der Waals surface area contributed by atoms with Gasteiger partial charge in [0.2, 0.25) is 0 Å². The number of nitriles is 1. The number of aromatic nitrogens is 1. The van der Waals surface area contributed by atoms with Gasteiger partial charge in [0.15, 0.2) is 0 Å². The molecular formula is C15H14N4. The van der Waals surface area contributed by atoms with Gasteiger partial charge in [0, 0.05) is 24.8 Å². The van der Waals surface area contributed by atoms with Crippen LogP contribution in [0.2, 0.25) is 0 Å². The van der Waals surface area contributed by atoms with Gasteiger partial charge in [-0.15, -0.1) is 0 Å². The first kappa shape index (κ1) is 11.5. The molecule has 19 heavy (non-hydrogen) atoms.